The Morgan fingerprint density at radius 1 is 1.42 bits per heavy atom. The summed E-state index contributed by atoms with van der Waals surface area (Å²) in [4.78, 5) is 11.4. The fourth-order valence-corrected chi connectivity index (χ4v) is 1.92. The minimum Gasteiger partial charge on any atom is -0.385 e. The second kappa shape index (κ2) is 2.87. The monoisotopic (exact) mass is 164 g/mol. The predicted molar refractivity (Wildman–Crippen MR) is 45.6 cm³/mol. The fraction of sp³-hybridized carbons (Fsp3) is 0.500. The Bertz CT molecular complexity index is 263. The number of carbonyl (C=O) groups excluding carboxylic acids is 1. The first-order valence-corrected chi connectivity index (χ1v) is 4.38. The second-order valence-electron chi connectivity index (χ2n) is 3.44. The Hall–Kier alpha value is -0.890. The molecule has 2 unspecified atom stereocenters. The number of aliphatic hydroxyl groups is 1. The van der Waals surface area contributed by atoms with Crippen LogP contribution in [0.5, 0.6) is 0 Å². The molecule has 2 nitrogen and oxygen atoms in total. The summed E-state index contributed by atoms with van der Waals surface area (Å²) in [7, 11) is 0. The van der Waals surface area contributed by atoms with E-state index in [0.717, 1.165) is 18.4 Å². The number of fused-ring (bicyclic) bond motifs is 1. The number of rotatable bonds is 0. The number of ketones is 1. The lowest BCUT2D eigenvalue weighted by molar-refractivity contribution is -0.125. The second-order valence-corrected chi connectivity index (χ2v) is 3.44. The van der Waals surface area contributed by atoms with Crippen molar-refractivity contribution < 1.29 is 9.90 Å². The maximum atomic E-state index is 11.4. The Labute approximate surface area is 71.6 Å². The van der Waals surface area contributed by atoms with Crippen molar-refractivity contribution in [2.45, 2.75) is 25.4 Å². The van der Waals surface area contributed by atoms with Crippen molar-refractivity contribution in [1.82, 2.24) is 0 Å². The minimum absolute atomic E-state index is 0.0596. The normalized spacial score (nSPS) is 34.4. The molecule has 0 radical (unpaired) electrons. The first-order valence-electron chi connectivity index (χ1n) is 4.38. The maximum Gasteiger partial charge on any atom is 0.187 e. The molecule has 0 heterocycles. The average Bonchev–Trinajstić information content (AvgIpc) is 2.12. The van der Waals surface area contributed by atoms with E-state index in [1.54, 1.807) is 0 Å². The van der Waals surface area contributed by atoms with Crippen molar-refractivity contribution in [2.24, 2.45) is 5.92 Å². The van der Waals surface area contributed by atoms with Gasteiger partial charge in [-0.2, -0.15) is 0 Å². The largest absolute Gasteiger partial charge is 0.385 e. The van der Waals surface area contributed by atoms with Crippen LogP contribution in [0.3, 0.4) is 0 Å². The highest BCUT2D eigenvalue weighted by atomic mass is 16.3. The molecule has 1 fully saturated rings. The fourth-order valence-electron chi connectivity index (χ4n) is 1.92. The molecule has 2 heteroatoms. The van der Waals surface area contributed by atoms with Crippen molar-refractivity contribution in [3.8, 4) is 0 Å². The Morgan fingerprint density at radius 3 is 3.08 bits per heavy atom. The lowest BCUT2D eigenvalue weighted by Crippen LogP contribution is -2.32. The van der Waals surface area contributed by atoms with Gasteiger partial charge in [0.25, 0.3) is 0 Å². The molecule has 12 heavy (non-hydrogen) atoms. The summed E-state index contributed by atoms with van der Waals surface area (Å²) in [5.41, 5.74) is 0.830. The number of hydrogen-bond acceptors (Lipinski definition) is 2. The molecular weight excluding hydrogens is 152 g/mol. The minimum atomic E-state index is -0.737. The van der Waals surface area contributed by atoms with Crippen LogP contribution in [0.25, 0.3) is 0 Å². The van der Waals surface area contributed by atoms with Crippen LogP contribution in [-0.2, 0) is 4.79 Å². The molecule has 0 aromatic carbocycles. The van der Waals surface area contributed by atoms with Gasteiger partial charge in [-0.3, -0.25) is 4.79 Å². The molecule has 1 saturated carbocycles. The van der Waals surface area contributed by atoms with E-state index in [9.17, 15) is 9.90 Å². The standard InChI is InChI=1S/C10H12O2/c11-9-6-5-7-3-1-2-4-8(7)10(9)12/h1-2,4,7,9,11H,3,5-6H2. The summed E-state index contributed by atoms with van der Waals surface area (Å²) in [5.74, 6) is 0.321. The van der Waals surface area contributed by atoms with Gasteiger partial charge < -0.3 is 5.11 Å². The zero-order valence-electron chi connectivity index (χ0n) is 6.86. The molecule has 64 valence electrons. The van der Waals surface area contributed by atoms with Crippen LogP contribution >= 0.6 is 0 Å². The van der Waals surface area contributed by atoms with Gasteiger partial charge >= 0.3 is 0 Å². The quantitative estimate of drug-likeness (QED) is 0.584. The highest BCUT2D eigenvalue weighted by Gasteiger charge is 2.31. The van der Waals surface area contributed by atoms with Crippen LogP contribution in [0.15, 0.2) is 23.8 Å². The smallest absolute Gasteiger partial charge is 0.187 e. The van der Waals surface area contributed by atoms with Crippen LogP contribution in [0.1, 0.15) is 19.3 Å². The third kappa shape index (κ3) is 1.12. The van der Waals surface area contributed by atoms with Crippen molar-refractivity contribution in [2.75, 3.05) is 0 Å². The number of Topliss-reactive ketones (excluding diaryl/α,β-unsaturated/α-hetero) is 1. The first kappa shape index (κ1) is 7.74. The molecule has 0 spiro atoms. The Balaban J connectivity index is 2.27. The van der Waals surface area contributed by atoms with Gasteiger partial charge in [0.05, 0.1) is 0 Å². The summed E-state index contributed by atoms with van der Waals surface area (Å²) in [6, 6.07) is 0. The molecule has 1 N–H and O–H groups in total. The summed E-state index contributed by atoms with van der Waals surface area (Å²) in [6.45, 7) is 0. The van der Waals surface area contributed by atoms with E-state index in [4.69, 9.17) is 0 Å². The SMILES string of the molecule is O=C1C2=CC=CCC2CCC1O. The molecule has 2 atom stereocenters. The molecule has 0 aromatic heterocycles. The van der Waals surface area contributed by atoms with Crippen LogP contribution in [0, 0.1) is 5.92 Å². The zero-order valence-corrected chi connectivity index (χ0v) is 6.86. The molecule has 0 amide bonds. The van der Waals surface area contributed by atoms with Crippen molar-refractivity contribution in [1.29, 1.82) is 0 Å². The number of allylic oxidation sites excluding steroid dienone is 3. The van der Waals surface area contributed by atoms with Gasteiger partial charge in [-0.1, -0.05) is 18.2 Å². The van der Waals surface area contributed by atoms with Crippen molar-refractivity contribution in [3.63, 3.8) is 0 Å². The van der Waals surface area contributed by atoms with Gasteiger partial charge in [0, 0.05) is 5.57 Å². The zero-order chi connectivity index (χ0) is 8.55. The third-order valence-corrected chi connectivity index (χ3v) is 2.65. The van der Waals surface area contributed by atoms with E-state index in [1.807, 2.05) is 12.2 Å². The van der Waals surface area contributed by atoms with Crippen LogP contribution < -0.4 is 0 Å². The summed E-state index contributed by atoms with van der Waals surface area (Å²) in [6.07, 6.45) is 7.64. The maximum absolute atomic E-state index is 11.4. The van der Waals surface area contributed by atoms with Gasteiger partial charge in [0.1, 0.15) is 6.10 Å². The summed E-state index contributed by atoms with van der Waals surface area (Å²) >= 11 is 0. The highest BCUT2D eigenvalue weighted by molar-refractivity contribution is 6.00. The molecule has 2 aliphatic carbocycles. The van der Waals surface area contributed by atoms with E-state index < -0.39 is 6.10 Å². The van der Waals surface area contributed by atoms with Crippen LogP contribution in [0.4, 0.5) is 0 Å². The van der Waals surface area contributed by atoms with Gasteiger partial charge in [0.15, 0.2) is 5.78 Å². The van der Waals surface area contributed by atoms with Gasteiger partial charge in [-0.25, -0.2) is 0 Å². The third-order valence-electron chi connectivity index (χ3n) is 2.65. The van der Waals surface area contributed by atoms with Crippen LogP contribution in [0.2, 0.25) is 0 Å². The summed E-state index contributed by atoms with van der Waals surface area (Å²) < 4.78 is 0. The molecule has 2 aliphatic rings. The number of carbonyl (C=O) groups is 1. The number of aliphatic hydroxyl groups excluding tert-OH is 1. The Kier molecular flexibility index (Phi) is 1.85. The van der Waals surface area contributed by atoms with Gasteiger partial charge in [0.2, 0.25) is 0 Å². The molecule has 0 bridgehead atoms. The molecular formula is C10H12O2. The Morgan fingerprint density at radius 2 is 2.25 bits per heavy atom. The molecule has 0 aliphatic heterocycles. The van der Waals surface area contributed by atoms with E-state index >= 15 is 0 Å². The predicted octanol–water partition coefficient (Wildman–Crippen LogP) is 1.21. The first-order chi connectivity index (χ1) is 5.79. The number of hydrogen-bond donors (Lipinski definition) is 1. The van der Waals surface area contributed by atoms with Crippen LogP contribution in [-0.4, -0.2) is 17.0 Å². The molecule has 0 aromatic rings. The van der Waals surface area contributed by atoms with Gasteiger partial charge in [-0.15, -0.1) is 0 Å². The lowest BCUT2D eigenvalue weighted by Gasteiger charge is -2.27. The average molecular weight is 164 g/mol. The van der Waals surface area contributed by atoms with E-state index in [1.165, 1.54) is 0 Å². The van der Waals surface area contributed by atoms with E-state index in [2.05, 4.69) is 6.08 Å². The van der Waals surface area contributed by atoms with E-state index in [-0.39, 0.29) is 5.78 Å². The van der Waals surface area contributed by atoms with Crippen molar-refractivity contribution in [3.05, 3.63) is 23.8 Å². The van der Waals surface area contributed by atoms with E-state index in [0.29, 0.717) is 12.3 Å². The highest BCUT2D eigenvalue weighted by Crippen LogP contribution is 2.31. The molecule has 0 saturated heterocycles. The topological polar surface area (TPSA) is 37.3 Å². The lowest BCUT2D eigenvalue weighted by atomic mass is 9.78. The summed E-state index contributed by atoms with van der Waals surface area (Å²) in [5, 5.41) is 9.30. The van der Waals surface area contributed by atoms with Gasteiger partial charge in [-0.05, 0) is 25.2 Å². The molecule has 2 rings (SSSR count). The van der Waals surface area contributed by atoms with Crippen molar-refractivity contribution >= 4 is 5.78 Å².